The van der Waals surface area contributed by atoms with E-state index in [0.717, 1.165) is 17.8 Å². The Kier molecular flexibility index (Phi) is 7.24. The molecule has 4 nitrogen and oxygen atoms in total. The van der Waals surface area contributed by atoms with Gasteiger partial charge in [0.25, 0.3) is 0 Å². The van der Waals surface area contributed by atoms with Gasteiger partial charge in [-0.05, 0) is 63.3 Å². The van der Waals surface area contributed by atoms with Crippen LogP contribution in [0.1, 0.15) is 31.9 Å². The van der Waals surface area contributed by atoms with Crippen molar-refractivity contribution in [3.63, 3.8) is 0 Å². The first-order chi connectivity index (χ1) is 14.5. The minimum absolute atomic E-state index is 0.212. The van der Waals surface area contributed by atoms with Crippen LogP contribution in [0.3, 0.4) is 0 Å². The fourth-order valence-electron chi connectivity index (χ4n) is 3.42. The van der Waals surface area contributed by atoms with Crippen molar-refractivity contribution < 1.29 is 13.2 Å². The summed E-state index contributed by atoms with van der Waals surface area (Å²) in [5.41, 5.74) is -1.09. The highest BCUT2D eigenvalue weighted by Crippen LogP contribution is 2.39. The highest BCUT2D eigenvalue weighted by atomic mass is 32.1. The van der Waals surface area contributed by atoms with Crippen molar-refractivity contribution in [2.45, 2.75) is 32.5 Å². The van der Waals surface area contributed by atoms with Gasteiger partial charge < -0.3 is 4.90 Å². The summed E-state index contributed by atoms with van der Waals surface area (Å²) in [4.78, 5) is 7.71. The Balaban J connectivity index is 0.00000107. The molecule has 1 saturated heterocycles. The summed E-state index contributed by atoms with van der Waals surface area (Å²) >= 11 is 5.64. The third-order valence-electron chi connectivity index (χ3n) is 4.61. The number of amidine groups is 1. The van der Waals surface area contributed by atoms with Crippen LogP contribution in [0.25, 0.3) is 0 Å². The predicted molar refractivity (Wildman–Crippen MR) is 123 cm³/mol. The van der Waals surface area contributed by atoms with Crippen molar-refractivity contribution >= 4 is 34.5 Å². The van der Waals surface area contributed by atoms with Gasteiger partial charge >= 0.3 is 6.18 Å². The van der Waals surface area contributed by atoms with Crippen LogP contribution in [-0.2, 0) is 6.18 Å². The van der Waals surface area contributed by atoms with Crippen molar-refractivity contribution in [3.8, 4) is 6.07 Å². The van der Waals surface area contributed by atoms with E-state index in [0.29, 0.717) is 10.9 Å². The van der Waals surface area contributed by atoms with Crippen molar-refractivity contribution in [1.82, 2.24) is 0 Å². The molecule has 3 rings (SSSR count). The Morgan fingerprint density at radius 3 is 2.19 bits per heavy atom. The lowest BCUT2D eigenvalue weighted by Gasteiger charge is -2.30. The minimum atomic E-state index is -4.65. The standard InChI is InChI=1S/C20H17F3N4S.C3H6/c1-19(2)17(25-3)26(18(28)27(19)14-7-5-4-6-8-14)15-10-9-13(12-24)16(11-15)20(21,22)23;1-3-2/h4-11H,1-3H3;3H,1H2,2H3. The smallest absolute Gasteiger partial charge is 0.305 e. The fraction of sp³-hybridized carbons (Fsp3) is 0.261. The summed E-state index contributed by atoms with van der Waals surface area (Å²) < 4.78 is 40.3. The Morgan fingerprint density at radius 1 is 1.13 bits per heavy atom. The average molecular weight is 445 g/mol. The molecule has 0 bridgehead atoms. The van der Waals surface area contributed by atoms with E-state index in [9.17, 15) is 13.2 Å². The zero-order valence-electron chi connectivity index (χ0n) is 17.7. The molecule has 0 radical (unpaired) electrons. The van der Waals surface area contributed by atoms with Gasteiger partial charge in [0.15, 0.2) is 5.11 Å². The molecule has 1 aliphatic heterocycles. The number of nitrogens with zero attached hydrogens (tertiary/aromatic N) is 4. The van der Waals surface area contributed by atoms with E-state index in [1.807, 2.05) is 56.0 Å². The van der Waals surface area contributed by atoms with Crippen LogP contribution in [0.15, 0.2) is 66.2 Å². The van der Waals surface area contributed by atoms with Gasteiger partial charge in [-0.15, -0.1) is 6.58 Å². The summed E-state index contributed by atoms with van der Waals surface area (Å²) in [6, 6.07) is 14.5. The van der Waals surface area contributed by atoms with E-state index in [4.69, 9.17) is 17.5 Å². The predicted octanol–water partition coefficient (Wildman–Crippen LogP) is 6.19. The van der Waals surface area contributed by atoms with Gasteiger partial charge in [0.1, 0.15) is 5.84 Å². The van der Waals surface area contributed by atoms with Crippen LogP contribution >= 0.6 is 12.2 Å². The molecule has 31 heavy (non-hydrogen) atoms. The number of allylic oxidation sites excluding steroid dienone is 1. The molecule has 1 aliphatic rings. The lowest BCUT2D eigenvalue weighted by Crippen LogP contribution is -2.44. The topological polar surface area (TPSA) is 42.6 Å². The molecule has 0 spiro atoms. The Labute approximate surface area is 185 Å². The van der Waals surface area contributed by atoms with Crippen molar-refractivity contribution in [2.24, 2.45) is 4.99 Å². The molecule has 0 saturated carbocycles. The maximum absolute atomic E-state index is 13.4. The van der Waals surface area contributed by atoms with Crippen LogP contribution in [-0.4, -0.2) is 23.5 Å². The molecule has 8 heteroatoms. The number of nitriles is 1. The van der Waals surface area contributed by atoms with Crippen LogP contribution in [0.4, 0.5) is 24.5 Å². The van der Waals surface area contributed by atoms with E-state index in [2.05, 4.69) is 11.6 Å². The number of benzene rings is 2. The SMILES string of the molecule is C=CC.CN=C1N(c2ccc(C#N)c(C(F)(F)F)c2)C(=S)N(c2ccccc2)C1(C)C. The van der Waals surface area contributed by atoms with Crippen molar-refractivity contribution in [3.05, 3.63) is 72.3 Å². The van der Waals surface area contributed by atoms with E-state index < -0.39 is 22.8 Å². The monoisotopic (exact) mass is 444 g/mol. The Hall–Kier alpha value is -3.18. The van der Waals surface area contributed by atoms with Crippen LogP contribution in [0, 0.1) is 11.3 Å². The second kappa shape index (κ2) is 9.31. The zero-order valence-corrected chi connectivity index (χ0v) is 18.6. The second-order valence-corrected chi connectivity index (χ2v) is 7.51. The summed E-state index contributed by atoms with van der Waals surface area (Å²) in [7, 11) is 1.58. The zero-order chi connectivity index (χ0) is 23.4. The van der Waals surface area contributed by atoms with Gasteiger partial charge in [-0.2, -0.15) is 18.4 Å². The highest BCUT2D eigenvalue weighted by Gasteiger charge is 2.48. The van der Waals surface area contributed by atoms with Gasteiger partial charge in [-0.3, -0.25) is 9.89 Å². The first kappa shape index (κ1) is 24.1. The van der Waals surface area contributed by atoms with Gasteiger partial charge in [0, 0.05) is 12.7 Å². The third kappa shape index (κ3) is 4.62. The number of alkyl halides is 3. The molecule has 2 aromatic rings. The number of anilines is 2. The van der Waals surface area contributed by atoms with Gasteiger partial charge in [-0.1, -0.05) is 24.3 Å². The van der Waals surface area contributed by atoms with E-state index in [-0.39, 0.29) is 5.69 Å². The molecule has 0 aliphatic carbocycles. The van der Waals surface area contributed by atoms with Gasteiger partial charge in [0.05, 0.1) is 28.4 Å². The molecular formula is C23H23F3N4S. The quantitative estimate of drug-likeness (QED) is 0.409. The normalized spacial score (nSPS) is 16.6. The molecule has 0 amide bonds. The van der Waals surface area contributed by atoms with Crippen LogP contribution in [0.2, 0.25) is 0 Å². The second-order valence-electron chi connectivity index (χ2n) is 7.14. The highest BCUT2D eigenvalue weighted by molar-refractivity contribution is 7.81. The Bertz CT molecular complexity index is 1040. The Morgan fingerprint density at radius 2 is 1.71 bits per heavy atom. The molecule has 0 N–H and O–H groups in total. The maximum atomic E-state index is 13.4. The average Bonchev–Trinajstić information content (AvgIpc) is 2.92. The fourth-order valence-corrected chi connectivity index (χ4v) is 3.95. The van der Waals surface area contributed by atoms with E-state index in [1.54, 1.807) is 19.2 Å². The number of hydrogen-bond donors (Lipinski definition) is 0. The number of aliphatic imine (C=N–C) groups is 1. The maximum Gasteiger partial charge on any atom is 0.417 e. The molecule has 0 unspecified atom stereocenters. The molecule has 0 atom stereocenters. The summed E-state index contributed by atoms with van der Waals surface area (Å²) in [6.45, 7) is 9.06. The summed E-state index contributed by atoms with van der Waals surface area (Å²) in [5.74, 6) is 0.513. The third-order valence-corrected chi connectivity index (χ3v) is 4.98. The van der Waals surface area contributed by atoms with E-state index >= 15 is 0 Å². The summed E-state index contributed by atoms with van der Waals surface area (Å²) in [6.07, 6.45) is -2.90. The minimum Gasteiger partial charge on any atom is -0.305 e. The van der Waals surface area contributed by atoms with Gasteiger partial charge in [-0.25, -0.2) is 0 Å². The molecular weight excluding hydrogens is 421 g/mol. The number of rotatable bonds is 2. The molecule has 162 valence electrons. The largest absolute Gasteiger partial charge is 0.417 e. The molecule has 2 aromatic carbocycles. The first-order valence-electron chi connectivity index (χ1n) is 9.39. The first-order valence-corrected chi connectivity index (χ1v) is 9.80. The number of para-hydroxylation sites is 1. The van der Waals surface area contributed by atoms with E-state index in [1.165, 1.54) is 11.0 Å². The summed E-state index contributed by atoms with van der Waals surface area (Å²) in [5, 5.41) is 9.36. The van der Waals surface area contributed by atoms with Crippen LogP contribution in [0.5, 0.6) is 0 Å². The lowest BCUT2D eigenvalue weighted by atomic mass is 10.0. The molecule has 0 aromatic heterocycles. The number of hydrogen-bond acceptors (Lipinski definition) is 3. The van der Waals surface area contributed by atoms with Crippen LogP contribution < -0.4 is 9.80 Å². The molecule has 1 fully saturated rings. The van der Waals surface area contributed by atoms with Crippen molar-refractivity contribution in [2.75, 3.05) is 16.8 Å². The van der Waals surface area contributed by atoms with Crippen molar-refractivity contribution in [1.29, 1.82) is 5.26 Å². The number of halogens is 3. The lowest BCUT2D eigenvalue weighted by molar-refractivity contribution is -0.137. The molecule has 1 heterocycles. The number of thiocarbonyl (C=S) groups is 1. The van der Waals surface area contributed by atoms with Gasteiger partial charge in [0.2, 0.25) is 0 Å².